The van der Waals surface area contributed by atoms with Crippen molar-refractivity contribution >= 4 is 11.3 Å². The van der Waals surface area contributed by atoms with Crippen LogP contribution in [-0.2, 0) is 0 Å². The first-order valence-electron chi connectivity index (χ1n) is 6.25. The minimum Gasteiger partial charge on any atom is -0.508 e. The first-order valence-corrected chi connectivity index (χ1v) is 7.13. The molecule has 102 valence electrons. The van der Waals surface area contributed by atoms with Crippen molar-refractivity contribution in [3.8, 4) is 5.75 Å². The van der Waals surface area contributed by atoms with E-state index in [9.17, 15) is 9.50 Å². The zero-order valence-electron chi connectivity index (χ0n) is 10.9. The van der Waals surface area contributed by atoms with Gasteiger partial charge in [-0.1, -0.05) is 13.0 Å². The number of aromatic hydroxyl groups is 1. The zero-order chi connectivity index (χ0) is 13.8. The van der Waals surface area contributed by atoms with Gasteiger partial charge in [-0.2, -0.15) is 0 Å². The molecule has 0 aliphatic rings. The summed E-state index contributed by atoms with van der Waals surface area (Å²) >= 11 is 1.59. The smallest absolute Gasteiger partial charge is 0.131 e. The van der Waals surface area contributed by atoms with Crippen LogP contribution < -0.4 is 5.32 Å². The Balaban J connectivity index is 2.13. The van der Waals surface area contributed by atoms with Gasteiger partial charge in [-0.05, 0) is 19.4 Å². The molecule has 1 aromatic carbocycles. The Hall–Kier alpha value is -1.46. The third-order valence-corrected chi connectivity index (χ3v) is 3.95. The van der Waals surface area contributed by atoms with Gasteiger partial charge in [-0.25, -0.2) is 9.37 Å². The van der Waals surface area contributed by atoms with Crippen LogP contribution in [0.5, 0.6) is 5.75 Å². The molecule has 3 nitrogen and oxygen atoms in total. The Morgan fingerprint density at radius 3 is 2.84 bits per heavy atom. The number of hydrogen-bond acceptors (Lipinski definition) is 4. The van der Waals surface area contributed by atoms with Gasteiger partial charge in [-0.15, -0.1) is 11.3 Å². The number of halogens is 1. The number of hydrogen-bond donors (Lipinski definition) is 2. The number of phenolic OH excluding ortho intramolecular Hbond substituents is 1. The topological polar surface area (TPSA) is 45.1 Å². The second kappa shape index (κ2) is 6.12. The van der Waals surface area contributed by atoms with Gasteiger partial charge in [-0.3, -0.25) is 0 Å². The monoisotopic (exact) mass is 280 g/mol. The second-order valence-electron chi connectivity index (χ2n) is 4.43. The molecule has 1 heterocycles. The number of nitrogens with one attached hydrogen (secondary N) is 1. The third-order valence-electron chi connectivity index (χ3n) is 3.06. The van der Waals surface area contributed by atoms with Crippen LogP contribution in [0.2, 0.25) is 0 Å². The number of rotatable bonds is 5. The molecule has 0 aliphatic heterocycles. The van der Waals surface area contributed by atoms with Crippen LogP contribution in [0.25, 0.3) is 0 Å². The molecule has 19 heavy (non-hydrogen) atoms. The summed E-state index contributed by atoms with van der Waals surface area (Å²) in [5.74, 6) is -0.450. The van der Waals surface area contributed by atoms with Crippen molar-refractivity contribution in [1.82, 2.24) is 10.3 Å². The summed E-state index contributed by atoms with van der Waals surface area (Å²) in [6.07, 6.45) is 2.66. The lowest BCUT2D eigenvalue weighted by molar-refractivity contribution is 0.435. The number of benzene rings is 1. The lowest BCUT2D eigenvalue weighted by Crippen LogP contribution is -2.24. The van der Waals surface area contributed by atoms with Crippen molar-refractivity contribution in [3.05, 3.63) is 46.2 Å². The van der Waals surface area contributed by atoms with Crippen LogP contribution in [0.4, 0.5) is 4.39 Å². The lowest BCUT2D eigenvalue weighted by Gasteiger charge is -2.21. The maximum absolute atomic E-state index is 13.8. The van der Waals surface area contributed by atoms with Crippen LogP contribution in [-0.4, -0.2) is 10.1 Å². The largest absolute Gasteiger partial charge is 0.508 e. The number of aromatic nitrogens is 1. The van der Waals surface area contributed by atoms with Gasteiger partial charge >= 0.3 is 0 Å². The van der Waals surface area contributed by atoms with Gasteiger partial charge in [0.1, 0.15) is 16.6 Å². The van der Waals surface area contributed by atoms with Gasteiger partial charge < -0.3 is 10.4 Å². The van der Waals surface area contributed by atoms with Gasteiger partial charge in [0.05, 0.1) is 6.04 Å². The Kier molecular flexibility index (Phi) is 4.50. The first kappa shape index (κ1) is 14.0. The van der Waals surface area contributed by atoms with E-state index in [-0.39, 0.29) is 17.8 Å². The molecule has 1 aromatic heterocycles. The molecule has 2 rings (SSSR count). The zero-order valence-corrected chi connectivity index (χ0v) is 11.7. The average Bonchev–Trinajstić information content (AvgIpc) is 2.89. The molecule has 0 bridgehead atoms. The molecule has 0 radical (unpaired) electrons. The van der Waals surface area contributed by atoms with Gasteiger partial charge in [0, 0.05) is 29.2 Å². The first-order chi connectivity index (χ1) is 9.11. The van der Waals surface area contributed by atoms with E-state index in [2.05, 4.69) is 17.2 Å². The van der Waals surface area contributed by atoms with Crippen LogP contribution in [0.1, 0.15) is 42.9 Å². The molecule has 2 atom stereocenters. The molecule has 5 heteroatoms. The minimum absolute atomic E-state index is 0.0552. The van der Waals surface area contributed by atoms with Crippen molar-refractivity contribution in [2.45, 2.75) is 32.4 Å². The Bertz CT molecular complexity index is 530. The van der Waals surface area contributed by atoms with Crippen LogP contribution in [0, 0.1) is 5.82 Å². The standard InChI is InChI=1S/C14H17FN2OS/c1-3-13(14-16-6-7-19-14)17-9(2)11-5-4-10(18)8-12(11)15/h4-9,13,17-18H,3H2,1-2H3. The molecular weight excluding hydrogens is 263 g/mol. The molecule has 0 saturated carbocycles. The highest BCUT2D eigenvalue weighted by Gasteiger charge is 2.18. The summed E-state index contributed by atoms with van der Waals surface area (Å²) in [4.78, 5) is 4.29. The fourth-order valence-electron chi connectivity index (χ4n) is 2.03. The van der Waals surface area contributed by atoms with Gasteiger partial charge in [0.25, 0.3) is 0 Å². The van der Waals surface area contributed by atoms with E-state index >= 15 is 0 Å². The van der Waals surface area contributed by atoms with Crippen molar-refractivity contribution in [2.24, 2.45) is 0 Å². The van der Waals surface area contributed by atoms with Crippen molar-refractivity contribution in [1.29, 1.82) is 0 Å². The van der Waals surface area contributed by atoms with Crippen molar-refractivity contribution in [2.75, 3.05) is 0 Å². The van der Waals surface area contributed by atoms with E-state index in [0.29, 0.717) is 5.56 Å². The van der Waals surface area contributed by atoms with Gasteiger partial charge in [0.2, 0.25) is 0 Å². The van der Waals surface area contributed by atoms with Crippen molar-refractivity contribution < 1.29 is 9.50 Å². The summed E-state index contributed by atoms with van der Waals surface area (Å²) in [6.45, 7) is 3.98. The molecule has 0 amide bonds. The molecule has 0 saturated heterocycles. The molecule has 2 aromatic rings. The van der Waals surface area contributed by atoms with E-state index in [1.54, 1.807) is 23.6 Å². The molecule has 2 unspecified atom stereocenters. The number of thiazole rings is 1. The predicted octanol–water partition coefficient (Wildman–Crippen LogP) is 3.79. The molecule has 0 spiro atoms. The molecule has 0 fully saturated rings. The Morgan fingerprint density at radius 2 is 2.26 bits per heavy atom. The van der Waals surface area contributed by atoms with E-state index in [1.165, 1.54) is 6.07 Å². The lowest BCUT2D eigenvalue weighted by atomic mass is 10.1. The summed E-state index contributed by atoms with van der Waals surface area (Å²) in [5.41, 5.74) is 0.549. The quantitative estimate of drug-likeness (QED) is 0.876. The van der Waals surface area contributed by atoms with Gasteiger partial charge in [0.15, 0.2) is 0 Å². The highest BCUT2D eigenvalue weighted by atomic mass is 32.1. The van der Waals surface area contributed by atoms with E-state index < -0.39 is 5.82 Å². The summed E-state index contributed by atoms with van der Waals surface area (Å²) in [7, 11) is 0. The second-order valence-corrected chi connectivity index (χ2v) is 5.35. The predicted molar refractivity (Wildman–Crippen MR) is 74.8 cm³/mol. The summed E-state index contributed by atoms with van der Waals surface area (Å²) < 4.78 is 13.8. The Labute approximate surface area is 116 Å². The van der Waals surface area contributed by atoms with Crippen LogP contribution in [0.15, 0.2) is 29.8 Å². The molecule has 2 N–H and O–H groups in total. The summed E-state index contributed by atoms with van der Waals surface area (Å²) in [6, 6.07) is 4.22. The highest BCUT2D eigenvalue weighted by Crippen LogP contribution is 2.26. The van der Waals surface area contributed by atoms with Crippen LogP contribution in [0.3, 0.4) is 0 Å². The molecule has 0 aliphatic carbocycles. The Morgan fingerprint density at radius 1 is 1.47 bits per heavy atom. The third kappa shape index (κ3) is 3.30. The number of phenols is 1. The number of nitrogens with zero attached hydrogens (tertiary/aromatic N) is 1. The fraction of sp³-hybridized carbons (Fsp3) is 0.357. The maximum atomic E-state index is 13.8. The molecular formula is C14H17FN2OS. The van der Waals surface area contributed by atoms with Crippen molar-refractivity contribution in [3.63, 3.8) is 0 Å². The van der Waals surface area contributed by atoms with Crippen LogP contribution >= 0.6 is 11.3 Å². The minimum atomic E-state index is -0.394. The summed E-state index contributed by atoms with van der Waals surface area (Å²) in [5, 5.41) is 15.5. The van der Waals surface area contributed by atoms with E-state index in [0.717, 1.165) is 17.5 Å². The SMILES string of the molecule is CCC(NC(C)c1ccc(O)cc1F)c1nccs1. The van der Waals surface area contributed by atoms with E-state index in [4.69, 9.17) is 0 Å². The van der Waals surface area contributed by atoms with E-state index in [1.807, 2.05) is 12.3 Å². The maximum Gasteiger partial charge on any atom is 0.131 e. The normalized spacial score (nSPS) is 14.3. The fourth-order valence-corrected chi connectivity index (χ4v) is 2.81. The highest BCUT2D eigenvalue weighted by molar-refractivity contribution is 7.09. The average molecular weight is 280 g/mol.